The molecular formula is C19H13Cl3N4O4S. The molecule has 0 aromatic heterocycles. The summed E-state index contributed by atoms with van der Waals surface area (Å²) >= 11 is 17.8. The van der Waals surface area contributed by atoms with Crippen LogP contribution in [0, 0.1) is 10.1 Å². The van der Waals surface area contributed by atoms with Crippen molar-refractivity contribution in [3.8, 4) is 0 Å². The SMILES string of the molecule is O=[N+]([O-])c1ccc(NN=Cc2ccc(Cl)c(Cl)c2)c(S(=O)(=O)Nc2ccccc2Cl)c1. The summed E-state index contributed by atoms with van der Waals surface area (Å²) in [6.07, 6.45) is 1.39. The molecule has 0 aliphatic rings. The van der Waals surface area contributed by atoms with Gasteiger partial charge >= 0.3 is 0 Å². The maximum atomic E-state index is 12.9. The Morgan fingerprint density at radius 2 is 1.65 bits per heavy atom. The zero-order valence-corrected chi connectivity index (χ0v) is 18.5. The summed E-state index contributed by atoms with van der Waals surface area (Å²) in [6.45, 7) is 0. The number of nitrogens with one attached hydrogen (secondary N) is 2. The molecule has 0 unspecified atom stereocenters. The topological polar surface area (TPSA) is 114 Å². The minimum Gasteiger partial charge on any atom is -0.278 e. The van der Waals surface area contributed by atoms with Crippen LogP contribution in [0.25, 0.3) is 0 Å². The Morgan fingerprint density at radius 1 is 0.903 bits per heavy atom. The van der Waals surface area contributed by atoms with E-state index in [-0.39, 0.29) is 21.3 Å². The summed E-state index contributed by atoms with van der Waals surface area (Å²) < 4.78 is 28.2. The third-order valence-electron chi connectivity index (χ3n) is 3.93. The zero-order valence-electron chi connectivity index (χ0n) is 15.4. The molecule has 0 bridgehead atoms. The normalized spacial score (nSPS) is 11.5. The summed E-state index contributed by atoms with van der Waals surface area (Å²) in [6, 6.07) is 14.3. The van der Waals surface area contributed by atoms with Crippen LogP contribution in [0.15, 0.2) is 70.7 Å². The van der Waals surface area contributed by atoms with E-state index in [2.05, 4.69) is 15.2 Å². The van der Waals surface area contributed by atoms with E-state index in [0.29, 0.717) is 15.6 Å². The second kappa shape index (κ2) is 9.52. The van der Waals surface area contributed by atoms with Crippen molar-refractivity contribution in [2.45, 2.75) is 4.90 Å². The van der Waals surface area contributed by atoms with Gasteiger partial charge in [-0.1, -0.05) is 53.0 Å². The molecule has 3 rings (SSSR count). The van der Waals surface area contributed by atoms with Crippen LogP contribution in [0.4, 0.5) is 17.1 Å². The average molecular weight is 500 g/mol. The van der Waals surface area contributed by atoms with E-state index in [9.17, 15) is 18.5 Å². The van der Waals surface area contributed by atoms with Crippen molar-refractivity contribution in [1.82, 2.24) is 0 Å². The summed E-state index contributed by atoms with van der Waals surface area (Å²) in [5.41, 5.74) is 2.92. The van der Waals surface area contributed by atoms with Gasteiger partial charge < -0.3 is 0 Å². The first kappa shape index (κ1) is 22.8. The van der Waals surface area contributed by atoms with Crippen LogP contribution in [0.1, 0.15) is 5.56 Å². The number of hydrazone groups is 1. The molecule has 31 heavy (non-hydrogen) atoms. The van der Waals surface area contributed by atoms with E-state index < -0.39 is 20.6 Å². The quantitative estimate of drug-likeness (QED) is 0.242. The van der Waals surface area contributed by atoms with Gasteiger partial charge in [-0.2, -0.15) is 5.10 Å². The molecule has 0 aliphatic heterocycles. The van der Waals surface area contributed by atoms with Gasteiger partial charge in [-0.05, 0) is 35.9 Å². The Morgan fingerprint density at radius 3 is 2.32 bits per heavy atom. The van der Waals surface area contributed by atoms with Crippen LogP contribution < -0.4 is 10.1 Å². The van der Waals surface area contributed by atoms with Crippen LogP contribution in [0.5, 0.6) is 0 Å². The van der Waals surface area contributed by atoms with E-state index in [1.807, 2.05) is 0 Å². The van der Waals surface area contributed by atoms with Crippen LogP contribution in [-0.4, -0.2) is 19.6 Å². The minimum atomic E-state index is -4.24. The van der Waals surface area contributed by atoms with E-state index >= 15 is 0 Å². The smallest absolute Gasteiger partial charge is 0.270 e. The van der Waals surface area contributed by atoms with Crippen molar-refractivity contribution >= 4 is 68.1 Å². The lowest BCUT2D eigenvalue weighted by molar-refractivity contribution is -0.385. The van der Waals surface area contributed by atoms with Gasteiger partial charge in [0.25, 0.3) is 15.7 Å². The highest BCUT2D eigenvalue weighted by Crippen LogP contribution is 2.30. The van der Waals surface area contributed by atoms with Crippen molar-refractivity contribution in [2.24, 2.45) is 5.10 Å². The first-order valence-corrected chi connectivity index (χ1v) is 11.1. The molecule has 0 spiro atoms. The van der Waals surface area contributed by atoms with Crippen molar-refractivity contribution in [1.29, 1.82) is 0 Å². The van der Waals surface area contributed by atoms with E-state index in [4.69, 9.17) is 34.8 Å². The third kappa shape index (κ3) is 5.65. The summed E-state index contributed by atoms with van der Waals surface area (Å²) in [5, 5.41) is 16.0. The average Bonchev–Trinajstić information content (AvgIpc) is 2.72. The van der Waals surface area contributed by atoms with Gasteiger partial charge in [-0.25, -0.2) is 8.42 Å². The number of hydrogen-bond acceptors (Lipinski definition) is 6. The number of benzene rings is 3. The first-order chi connectivity index (χ1) is 14.7. The number of sulfonamides is 1. The van der Waals surface area contributed by atoms with Crippen molar-refractivity contribution in [3.05, 3.63) is 91.4 Å². The molecule has 0 aliphatic carbocycles. The number of rotatable bonds is 7. The number of nitrogens with zero attached hydrogens (tertiary/aromatic N) is 2. The monoisotopic (exact) mass is 498 g/mol. The molecule has 0 heterocycles. The second-order valence-corrected chi connectivity index (χ2v) is 8.94. The molecule has 2 N–H and O–H groups in total. The summed E-state index contributed by atoms with van der Waals surface area (Å²) in [7, 11) is -4.24. The standard InChI is InChI=1S/C19H13Cl3N4O4S/c20-14-7-5-12(9-16(14)22)11-23-24-18-8-6-13(26(27)28)10-19(18)31(29,30)25-17-4-2-1-3-15(17)21/h1-11,24-25H. The van der Waals surface area contributed by atoms with E-state index in [0.717, 1.165) is 12.1 Å². The Labute approximate surface area is 192 Å². The molecule has 3 aromatic carbocycles. The fourth-order valence-electron chi connectivity index (χ4n) is 2.45. The number of nitro benzene ring substituents is 1. The molecule has 12 heteroatoms. The van der Waals surface area contributed by atoms with Crippen molar-refractivity contribution < 1.29 is 13.3 Å². The second-order valence-electron chi connectivity index (χ2n) is 6.07. The lowest BCUT2D eigenvalue weighted by Crippen LogP contribution is -2.15. The molecule has 160 valence electrons. The maximum absolute atomic E-state index is 12.9. The predicted molar refractivity (Wildman–Crippen MR) is 123 cm³/mol. The van der Waals surface area contributed by atoms with E-state index in [1.165, 1.54) is 24.4 Å². The van der Waals surface area contributed by atoms with Crippen LogP contribution in [0.2, 0.25) is 15.1 Å². The molecule has 0 saturated heterocycles. The maximum Gasteiger partial charge on any atom is 0.270 e. The van der Waals surface area contributed by atoms with Crippen molar-refractivity contribution in [3.63, 3.8) is 0 Å². The molecule has 0 saturated carbocycles. The zero-order chi connectivity index (χ0) is 22.6. The van der Waals surface area contributed by atoms with Crippen LogP contribution >= 0.6 is 34.8 Å². The number of non-ortho nitro benzene ring substituents is 1. The fourth-order valence-corrected chi connectivity index (χ4v) is 4.25. The Hall–Kier alpha value is -2.85. The summed E-state index contributed by atoms with van der Waals surface area (Å²) in [4.78, 5) is 10.1. The van der Waals surface area contributed by atoms with Crippen LogP contribution in [-0.2, 0) is 10.0 Å². The lowest BCUT2D eigenvalue weighted by atomic mass is 10.2. The van der Waals surface area contributed by atoms with E-state index in [1.54, 1.807) is 30.3 Å². The summed E-state index contributed by atoms with van der Waals surface area (Å²) in [5.74, 6) is 0. The molecule has 3 aromatic rings. The Balaban J connectivity index is 1.95. The molecule has 0 atom stereocenters. The van der Waals surface area contributed by atoms with Gasteiger partial charge in [0.15, 0.2) is 0 Å². The minimum absolute atomic E-state index is 0.0152. The highest BCUT2D eigenvalue weighted by molar-refractivity contribution is 7.93. The molecule has 0 fully saturated rings. The number of nitro groups is 1. The van der Waals surface area contributed by atoms with Crippen molar-refractivity contribution in [2.75, 3.05) is 10.1 Å². The fraction of sp³-hybridized carbons (Fsp3) is 0. The third-order valence-corrected chi connectivity index (χ3v) is 6.40. The highest BCUT2D eigenvalue weighted by Gasteiger charge is 2.23. The number of para-hydroxylation sites is 1. The number of halogens is 3. The first-order valence-electron chi connectivity index (χ1n) is 8.47. The number of hydrogen-bond donors (Lipinski definition) is 2. The largest absolute Gasteiger partial charge is 0.278 e. The molecule has 8 nitrogen and oxygen atoms in total. The van der Waals surface area contributed by atoms with Gasteiger partial charge in [-0.3, -0.25) is 20.3 Å². The van der Waals surface area contributed by atoms with Crippen LogP contribution in [0.3, 0.4) is 0 Å². The van der Waals surface area contributed by atoms with Gasteiger partial charge in [0.2, 0.25) is 0 Å². The molecular weight excluding hydrogens is 487 g/mol. The highest BCUT2D eigenvalue weighted by atomic mass is 35.5. The molecule has 0 amide bonds. The lowest BCUT2D eigenvalue weighted by Gasteiger charge is -2.12. The van der Waals surface area contributed by atoms with Gasteiger partial charge in [0.1, 0.15) is 4.90 Å². The predicted octanol–water partition coefficient (Wildman–Crippen LogP) is 5.80. The molecule has 0 radical (unpaired) electrons. The Kier molecular flexibility index (Phi) is 7.01. The van der Waals surface area contributed by atoms with Gasteiger partial charge in [0.05, 0.1) is 37.6 Å². The van der Waals surface area contributed by atoms with Gasteiger partial charge in [0, 0.05) is 12.1 Å². The number of anilines is 2. The van der Waals surface area contributed by atoms with Gasteiger partial charge in [-0.15, -0.1) is 0 Å². The Bertz CT molecular complexity index is 1280.